The van der Waals surface area contributed by atoms with E-state index in [0.717, 1.165) is 5.57 Å². The molecule has 124 valence electrons. The van der Waals surface area contributed by atoms with Gasteiger partial charge in [-0.15, -0.1) is 0 Å². The summed E-state index contributed by atoms with van der Waals surface area (Å²) in [6.07, 6.45) is 1.88. The second kappa shape index (κ2) is 6.43. The molecule has 7 heteroatoms. The number of nitrogens with one attached hydrogen (secondary N) is 1. The zero-order valence-corrected chi connectivity index (χ0v) is 14.6. The van der Waals surface area contributed by atoms with Crippen molar-refractivity contribution in [3.63, 3.8) is 0 Å². The molecule has 3 rings (SSSR count). The molecule has 1 aromatic carbocycles. The number of benzene rings is 1. The van der Waals surface area contributed by atoms with Crippen molar-refractivity contribution in [3.8, 4) is 18.2 Å². The van der Waals surface area contributed by atoms with Gasteiger partial charge in [0, 0.05) is 24.9 Å². The molecule has 1 heterocycles. The summed E-state index contributed by atoms with van der Waals surface area (Å²) >= 11 is 12.6. The highest BCUT2D eigenvalue weighted by molar-refractivity contribution is 6.42. The molecular formula is C18H13Cl2N5. The monoisotopic (exact) mass is 369 g/mol. The van der Waals surface area contributed by atoms with Gasteiger partial charge in [-0.05, 0) is 17.2 Å². The fourth-order valence-electron chi connectivity index (χ4n) is 3.71. The van der Waals surface area contributed by atoms with Gasteiger partial charge < -0.3 is 11.1 Å². The minimum absolute atomic E-state index is 0.0227. The summed E-state index contributed by atoms with van der Waals surface area (Å²) in [6, 6.07) is 11.3. The van der Waals surface area contributed by atoms with Crippen LogP contribution in [0.15, 0.2) is 41.1 Å². The number of fused-ring (bicyclic) bond motifs is 1. The molecule has 1 aromatic rings. The molecule has 0 saturated heterocycles. The fourth-order valence-corrected chi connectivity index (χ4v) is 4.13. The van der Waals surface area contributed by atoms with Gasteiger partial charge in [0.2, 0.25) is 0 Å². The summed E-state index contributed by atoms with van der Waals surface area (Å²) in [4.78, 5) is 0. The topological polar surface area (TPSA) is 109 Å². The molecule has 0 aromatic heterocycles. The van der Waals surface area contributed by atoms with Crippen LogP contribution in [0.1, 0.15) is 11.5 Å². The Bertz CT molecular complexity index is 912. The lowest BCUT2D eigenvalue weighted by atomic mass is 9.58. The molecule has 0 amide bonds. The second-order valence-corrected chi connectivity index (χ2v) is 6.76. The molecule has 3 N–H and O–H groups in total. The van der Waals surface area contributed by atoms with Crippen LogP contribution < -0.4 is 11.1 Å². The molecule has 5 nitrogen and oxygen atoms in total. The zero-order valence-electron chi connectivity index (χ0n) is 13.1. The van der Waals surface area contributed by atoms with E-state index < -0.39 is 11.3 Å². The SMILES string of the molecule is N#CC1=C(N)C(C#N)(C#N)[C@@H](c2cccc(Cl)c2Cl)[C@H]2CNCC=C12. The Morgan fingerprint density at radius 2 is 1.92 bits per heavy atom. The maximum absolute atomic E-state index is 9.90. The normalized spacial score (nSPS) is 24.4. The predicted octanol–water partition coefficient (Wildman–Crippen LogP) is 3.01. The molecule has 0 saturated carbocycles. The van der Waals surface area contributed by atoms with Crippen molar-refractivity contribution in [2.75, 3.05) is 13.1 Å². The Balaban J connectivity index is 2.38. The van der Waals surface area contributed by atoms with Crippen molar-refractivity contribution >= 4 is 23.2 Å². The highest BCUT2D eigenvalue weighted by Crippen LogP contribution is 2.55. The zero-order chi connectivity index (χ0) is 18.2. The first-order chi connectivity index (χ1) is 12.0. The molecule has 1 aliphatic carbocycles. The van der Waals surface area contributed by atoms with E-state index in [1.54, 1.807) is 18.2 Å². The summed E-state index contributed by atoms with van der Waals surface area (Å²) < 4.78 is 0. The van der Waals surface area contributed by atoms with Gasteiger partial charge in [0.1, 0.15) is 6.07 Å². The summed E-state index contributed by atoms with van der Waals surface area (Å²) in [5.74, 6) is -0.921. The molecule has 0 bridgehead atoms. The molecular weight excluding hydrogens is 357 g/mol. The van der Waals surface area contributed by atoms with E-state index in [-0.39, 0.29) is 17.2 Å². The number of halogens is 2. The number of nitriles is 3. The molecule has 2 aliphatic rings. The van der Waals surface area contributed by atoms with Crippen molar-refractivity contribution in [3.05, 3.63) is 56.7 Å². The van der Waals surface area contributed by atoms with Crippen LogP contribution in [0.3, 0.4) is 0 Å². The average molecular weight is 370 g/mol. The largest absolute Gasteiger partial charge is 0.399 e. The summed E-state index contributed by atoms with van der Waals surface area (Å²) in [6.45, 7) is 1.09. The van der Waals surface area contributed by atoms with Crippen LogP contribution in [0.4, 0.5) is 0 Å². The van der Waals surface area contributed by atoms with Crippen LogP contribution in [0.25, 0.3) is 0 Å². The first-order valence-electron chi connectivity index (χ1n) is 7.59. The van der Waals surface area contributed by atoms with Gasteiger partial charge >= 0.3 is 0 Å². The first kappa shape index (κ1) is 17.3. The average Bonchev–Trinajstić information content (AvgIpc) is 2.64. The lowest BCUT2D eigenvalue weighted by molar-refractivity contribution is 0.328. The van der Waals surface area contributed by atoms with Gasteiger partial charge in [-0.2, -0.15) is 15.8 Å². The van der Waals surface area contributed by atoms with E-state index in [1.165, 1.54) is 0 Å². The number of nitrogens with two attached hydrogens (primary N) is 1. The molecule has 0 spiro atoms. The molecule has 2 atom stereocenters. The van der Waals surface area contributed by atoms with Crippen molar-refractivity contribution < 1.29 is 0 Å². The smallest absolute Gasteiger partial charge is 0.191 e. The van der Waals surface area contributed by atoms with Gasteiger partial charge in [0.25, 0.3) is 0 Å². The number of allylic oxidation sites excluding steroid dienone is 2. The van der Waals surface area contributed by atoms with Gasteiger partial charge in [0.15, 0.2) is 5.41 Å². The van der Waals surface area contributed by atoms with Crippen molar-refractivity contribution in [1.29, 1.82) is 15.8 Å². The standard InChI is InChI=1S/C18H13Cl2N5/c19-14-3-1-2-11(16(14)20)15-13-7-25-5-4-10(13)12(6-21)17(24)18(15,8-22)9-23/h1-4,13,15,25H,5,7,24H2/t13-,15-/m0/s1. The van der Waals surface area contributed by atoms with E-state index in [2.05, 4.69) is 23.5 Å². The number of hydrogen-bond donors (Lipinski definition) is 2. The van der Waals surface area contributed by atoms with E-state index in [0.29, 0.717) is 28.7 Å². The number of hydrogen-bond acceptors (Lipinski definition) is 5. The van der Waals surface area contributed by atoms with Crippen molar-refractivity contribution in [2.24, 2.45) is 17.1 Å². The summed E-state index contributed by atoms with van der Waals surface area (Å²) in [5.41, 5.74) is 6.01. The lowest BCUT2D eigenvalue weighted by Gasteiger charge is -2.43. The summed E-state index contributed by atoms with van der Waals surface area (Å²) in [7, 11) is 0. The molecule has 0 radical (unpaired) electrons. The Kier molecular flexibility index (Phi) is 4.46. The maximum Gasteiger partial charge on any atom is 0.191 e. The van der Waals surface area contributed by atoms with Gasteiger partial charge in [-0.3, -0.25) is 0 Å². The highest BCUT2D eigenvalue weighted by Gasteiger charge is 2.54. The maximum atomic E-state index is 9.90. The van der Waals surface area contributed by atoms with Crippen LogP contribution in [-0.2, 0) is 0 Å². The predicted molar refractivity (Wildman–Crippen MR) is 94.1 cm³/mol. The van der Waals surface area contributed by atoms with Gasteiger partial charge in [0.05, 0.1) is 33.5 Å². The third-order valence-corrected chi connectivity index (χ3v) is 5.70. The van der Waals surface area contributed by atoms with E-state index in [1.807, 2.05) is 6.08 Å². The molecule has 0 unspecified atom stereocenters. The first-order valence-corrected chi connectivity index (χ1v) is 8.35. The van der Waals surface area contributed by atoms with Gasteiger partial charge in [-0.25, -0.2) is 0 Å². The van der Waals surface area contributed by atoms with Crippen molar-refractivity contribution in [2.45, 2.75) is 5.92 Å². The Morgan fingerprint density at radius 3 is 2.56 bits per heavy atom. The number of rotatable bonds is 1. The van der Waals surface area contributed by atoms with Crippen LogP contribution in [0.5, 0.6) is 0 Å². The third kappa shape index (κ3) is 2.39. The Morgan fingerprint density at radius 1 is 1.20 bits per heavy atom. The van der Waals surface area contributed by atoms with E-state index >= 15 is 0 Å². The van der Waals surface area contributed by atoms with E-state index in [4.69, 9.17) is 28.9 Å². The Hall–Kier alpha value is -2.49. The van der Waals surface area contributed by atoms with Gasteiger partial charge in [-0.1, -0.05) is 41.4 Å². The van der Waals surface area contributed by atoms with Crippen molar-refractivity contribution in [1.82, 2.24) is 5.32 Å². The summed E-state index contributed by atoms with van der Waals surface area (Å²) in [5, 5.41) is 33.2. The molecule has 25 heavy (non-hydrogen) atoms. The van der Waals surface area contributed by atoms with Crippen LogP contribution in [-0.4, -0.2) is 13.1 Å². The minimum Gasteiger partial charge on any atom is -0.399 e. The minimum atomic E-state index is -1.69. The molecule has 0 fully saturated rings. The highest BCUT2D eigenvalue weighted by atomic mass is 35.5. The second-order valence-electron chi connectivity index (χ2n) is 5.98. The van der Waals surface area contributed by atoms with Crippen LogP contribution in [0, 0.1) is 45.3 Å². The lowest BCUT2D eigenvalue weighted by Crippen LogP contribution is -2.47. The fraction of sp³-hybridized carbons (Fsp3) is 0.278. The van der Waals surface area contributed by atoms with Crippen LogP contribution >= 0.6 is 23.2 Å². The van der Waals surface area contributed by atoms with Crippen LogP contribution in [0.2, 0.25) is 10.0 Å². The Labute approximate surface area is 155 Å². The molecule has 1 aliphatic heterocycles. The third-order valence-electron chi connectivity index (χ3n) is 4.86. The number of nitrogens with zero attached hydrogens (tertiary/aromatic N) is 3. The quantitative estimate of drug-likeness (QED) is 0.790. The van der Waals surface area contributed by atoms with E-state index in [9.17, 15) is 15.8 Å².